The normalized spacial score (nSPS) is 35.8. The van der Waals surface area contributed by atoms with Crippen molar-refractivity contribution >= 4 is 30.0 Å². The van der Waals surface area contributed by atoms with Gasteiger partial charge in [0.25, 0.3) is 0 Å². The second-order valence-electron chi connectivity index (χ2n) is 4.37. The quantitative estimate of drug-likeness (QED) is 0.661. The average Bonchev–Trinajstić information content (AvgIpc) is 2.59. The molecule has 0 bridgehead atoms. The molecule has 3 atom stereocenters. The van der Waals surface area contributed by atoms with E-state index in [-0.39, 0.29) is 0 Å². The first-order valence-corrected chi connectivity index (χ1v) is 5.71. The van der Waals surface area contributed by atoms with Gasteiger partial charge in [-0.2, -0.15) is 0 Å². The summed E-state index contributed by atoms with van der Waals surface area (Å²) in [7, 11) is 0. The first kappa shape index (κ1) is 11.3. The molecule has 0 aliphatic carbocycles. The standard InChI is InChI=1S/C9H12N2O4S/c1-9(2)4(3-12)11-6(16-9)5(7(13)14)10-8(11)15/h3-6H,1-2H3,(H,10,15)(H,13,14)/t4-,5-,6+/m0/s1. The number of amides is 2. The van der Waals surface area contributed by atoms with Crippen molar-refractivity contribution in [3.8, 4) is 0 Å². The smallest absolute Gasteiger partial charge is 0.329 e. The van der Waals surface area contributed by atoms with E-state index < -0.39 is 34.2 Å². The van der Waals surface area contributed by atoms with Gasteiger partial charge in [-0.1, -0.05) is 0 Å². The van der Waals surface area contributed by atoms with Crippen molar-refractivity contribution < 1.29 is 19.5 Å². The summed E-state index contributed by atoms with van der Waals surface area (Å²) >= 11 is 1.34. The van der Waals surface area contributed by atoms with E-state index in [4.69, 9.17) is 5.11 Å². The second kappa shape index (κ2) is 3.38. The molecular weight excluding hydrogens is 232 g/mol. The van der Waals surface area contributed by atoms with Gasteiger partial charge in [-0.25, -0.2) is 9.59 Å². The Hall–Kier alpha value is -1.24. The maximum absolute atomic E-state index is 11.6. The number of urea groups is 1. The Labute approximate surface area is 96.4 Å². The monoisotopic (exact) mass is 244 g/mol. The van der Waals surface area contributed by atoms with Crippen LogP contribution in [0, 0.1) is 0 Å². The molecule has 16 heavy (non-hydrogen) atoms. The number of nitrogens with zero attached hydrogens (tertiary/aromatic N) is 1. The molecule has 0 saturated carbocycles. The van der Waals surface area contributed by atoms with Crippen molar-refractivity contribution in [2.45, 2.75) is 36.1 Å². The fraction of sp³-hybridized carbons (Fsp3) is 0.667. The number of carbonyl (C=O) groups is 3. The van der Waals surface area contributed by atoms with Crippen LogP contribution in [0.25, 0.3) is 0 Å². The van der Waals surface area contributed by atoms with Crippen LogP contribution < -0.4 is 5.32 Å². The number of aliphatic carboxylic acids is 1. The van der Waals surface area contributed by atoms with Gasteiger partial charge in [0.05, 0.1) is 0 Å². The third kappa shape index (κ3) is 1.38. The lowest BCUT2D eigenvalue weighted by Gasteiger charge is -2.24. The van der Waals surface area contributed by atoms with Crippen LogP contribution in [0.3, 0.4) is 0 Å². The Bertz CT molecular complexity index is 371. The van der Waals surface area contributed by atoms with Gasteiger partial charge in [-0.05, 0) is 13.8 Å². The number of hydrogen-bond acceptors (Lipinski definition) is 4. The van der Waals surface area contributed by atoms with E-state index in [1.54, 1.807) is 0 Å². The highest BCUT2D eigenvalue weighted by molar-refractivity contribution is 8.01. The highest BCUT2D eigenvalue weighted by Crippen LogP contribution is 2.46. The number of fused-ring (bicyclic) bond motifs is 1. The zero-order valence-corrected chi connectivity index (χ0v) is 9.65. The van der Waals surface area contributed by atoms with E-state index in [9.17, 15) is 14.4 Å². The molecule has 2 heterocycles. The predicted octanol–water partition coefficient (Wildman–Crippen LogP) is -0.116. The number of nitrogens with one attached hydrogen (secondary N) is 1. The van der Waals surface area contributed by atoms with Crippen LogP contribution >= 0.6 is 11.8 Å². The van der Waals surface area contributed by atoms with Gasteiger partial charge < -0.3 is 15.2 Å². The Morgan fingerprint density at radius 3 is 2.75 bits per heavy atom. The van der Waals surface area contributed by atoms with Gasteiger partial charge in [0.1, 0.15) is 17.7 Å². The van der Waals surface area contributed by atoms with Crippen molar-refractivity contribution in [1.82, 2.24) is 10.2 Å². The zero-order chi connectivity index (χ0) is 12.1. The van der Waals surface area contributed by atoms with Crippen molar-refractivity contribution in [3.05, 3.63) is 0 Å². The average molecular weight is 244 g/mol. The van der Waals surface area contributed by atoms with E-state index in [1.807, 2.05) is 13.8 Å². The van der Waals surface area contributed by atoms with Crippen LogP contribution in [0.15, 0.2) is 0 Å². The number of carboxylic acid groups (broad SMARTS) is 1. The van der Waals surface area contributed by atoms with Gasteiger partial charge in [0.15, 0.2) is 6.04 Å². The molecule has 7 heteroatoms. The summed E-state index contributed by atoms with van der Waals surface area (Å²) in [5, 5.41) is 10.8. The SMILES string of the molecule is CC1(C)S[C@@H]2[C@@H](C(=O)O)NC(=O)N2[C@H]1C=O. The number of thioether (sulfide) groups is 1. The fourth-order valence-electron chi connectivity index (χ4n) is 2.09. The van der Waals surface area contributed by atoms with Gasteiger partial charge >= 0.3 is 12.0 Å². The van der Waals surface area contributed by atoms with E-state index in [0.717, 1.165) is 0 Å². The highest BCUT2D eigenvalue weighted by atomic mass is 32.2. The lowest BCUT2D eigenvalue weighted by Crippen LogP contribution is -2.45. The van der Waals surface area contributed by atoms with Crippen LogP contribution in [0.2, 0.25) is 0 Å². The molecule has 2 rings (SSSR count). The molecule has 0 unspecified atom stereocenters. The summed E-state index contributed by atoms with van der Waals surface area (Å²) in [5.74, 6) is -1.07. The molecule has 2 fully saturated rings. The van der Waals surface area contributed by atoms with E-state index in [2.05, 4.69) is 5.32 Å². The lowest BCUT2D eigenvalue weighted by atomic mass is 10.0. The maximum atomic E-state index is 11.6. The third-order valence-corrected chi connectivity index (χ3v) is 4.49. The number of hydrogen-bond donors (Lipinski definition) is 2. The number of aldehydes is 1. The van der Waals surface area contributed by atoms with E-state index in [0.29, 0.717) is 6.29 Å². The summed E-state index contributed by atoms with van der Waals surface area (Å²) < 4.78 is -0.447. The second-order valence-corrected chi connectivity index (χ2v) is 6.14. The molecule has 2 saturated heterocycles. The van der Waals surface area contributed by atoms with Gasteiger partial charge in [0.2, 0.25) is 0 Å². The fourth-order valence-corrected chi connectivity index (χ4v) is 3.69. The molecule has 88 valence electrons. The lowest BCUT2D eigenvalue weighted by molar-refractivity contribution is -0.139. The van der Waals surface area contributed by atoms with Crippen molar-refractivity contribution in [2.75, 3.05) is 0 Å². The van der Waals surface area contributed by atoms with Gasteiger partial charge in [-0.15, -0.1) is 11.8 Å². The maximum Gasteiger partial charge on any atom is 0.329 e. The van der Waals surface area contributed by atoms with E-state index in [1.165, 1.54) is 16.7 Å². The molecule has 2 aliphatic rings. The van der Waals surface area contributed by atoms with Crippen molar-refractivity contribution in [1.29, 1.82) is 0 Å². The Morgan fingerprint density at radius 1 is 1.62 bits per heavy atom. The minimum absolute atomic E-state index is 0.447. The molecule has 6 nitrogen and oxygen atoms in total. The summed E-state index contributed by atoms with van der Waals surface area (Å²) in [6.07, 6.45) is 0.705. The van der Waals surface area contributed by atoms with Crippen LogP contribution in [-0.4, -0.2) is 50.5 Å². The summed E-state index contributed by atoms with van der Waals surface area (Å²) in [6.45, 7) is 3.67. The number of carbonyl (C=O) groups excluding carboxylic acids is 2. The molecular formula is C9H12N2O4S. The topological polar surface area (TPSA) is 86.7 Å². The molecule has 2 amide bonds. The molecule has 0 aromatic carbocycles. The molecule has 0 radical (unpaired) electrons. The summed E-state index contributed by atoms with van der Waals surface area (Å²) in [4.78, 5) is 34.9. The van der Waals surface area contributed by atoms with Crippen molar-refractivity contribution in [2.24, 2.45) is 0 Å². The highest BCUT2D eigenvalue weighted by Gasteiger charge is 2.58. The Morgan fingerprint density at radius 2 is 2.25 bits per heavy atom. The molecule has 0 aromatic heterocycles. The predicted molar refractivity (Wildman–Crippen MR) is 57.1 cm³/mol. The number of carboxylic acids is 1. The molecule has 0 spiro atoms. The summed E-state index contributed by atoms with van der Waals surface area (Å²) in [5.41, 5.74) is 0. The van der Waals surface area contributed by atoms with E-state index >= 15 is 0 Å². The van der Waals surface area contributed by atoms with Crippen LogP contribution in [0.4, 0.5) is 4.79 Å². The van der Waals surface area contributed by atoms with Crippen LogP contribution in [-0.2, 0) is 9.59 Å². The minimum Gasteiger partial charge on any atom is -0.480 e. The van der Waals surface area contributed by atoms with Crippen LogP contribution in [0.5, 0.6) is 0 Å². The van der Waals surface area contributed by atoms with Crippen LogP contribution in [0.1, 0.15) is 13.8 Å². The molecule has 2 N–H and O–H groups in total. The first-order valence-electron chi connectivity index (χ1n) is 4.83. The Kier molecular flexibility index (Phi) is 2.37. The van der Waals surface area contributed by atoms with Crippen molar-refractivity contribution in [3.63, 3.8) is 0 Å². The van der Waals surface area contributed by atoms with Gasteiger partial charge in [0, 0.05) is 4.75 Å². The Balaban J connectivity index is 2.35. The summed E-state index contributed by atoms with van der Waals surface area (Å²) in [6, 6.07) is -2.00. The minimum atomic E-state index is -1.07. The number of rotatable bonds is 2. The first-order chi connectivity index (χ1) is 7.38. The zero-order valence-electron chi connectivity index (χ0n) is 8.84. The molecule has 2 aliphatic heterocycles. The van der Waals surface area contributed by atoms with Gasteiger partial charge in [-0.3, -0.25) is 4.90 Å². The molecule has 0 aromatic rings. The largest absolute Gasteiger partial charge is 0.480 e. The third-order valence-electron chi connectivity index (χ3n) is 2.90.